The van der Waals surface area contributed by atoms with E-state index >= 15 is 0 Å². The van der Waals surface area contributed by atoms with Crippen LogP contribution in [0.4, 0.5) is 0 Å². The third kappa shape index (κ3) is 1.91. The van der Waals surface area contributed by atoms with E-state index in [0.717, 1.165) is 20.9 Å². The summed E-state index contributed by atoms with van der Waals surface area (Å²) in [6.07, 6.45) is 0.982. The Kier molecular flexibility index (Phi) is 3.36. The predicted octanol–water partition coefficient (Wildman–Crippen LogP) is 4.94. The summed E-state index contributed by atoms with van der Waals surface area (Å²) in [5.41, 5.74) is 4.90. The van der Waals surface area contributed by atoms with E-state index in [1.165, 1.54) is 22.2 Å². The summed E-state index contributed by atoms with van der Waals surface area (Å²) < 4.78 is 2.13. The SMILES string of the molecule is CCc1nc2cc(Br)c(Br)cc2c(C)c1C. The van der Waals surface area contributed by atoms with Crippen LogP contribution < -0.4 is 0 Å². The molecule has 84 valence electrons. The molecule has 16 heavy (non-hydrogen) atoms. The van der Waals surface area contributed by atoms with Gasteiger partial charge in [0.2, 0.25) is 0 Å². The molecule has 0 saturated heterocycles. The van der Waals surface area contributed by atoms with Gasteiger partial charge in [-0.2, -0.15) is 0 Å². The molecular weight excluding hydrogens is 330 g/mol. The van der Waals surface area contributed by atoms with Gasteiger partial charge in [-0.25, -0.2) is 0 Å². The Morgan fingerprint density at radius 2 is 1.69 bits per heavy atom. The first-order chi connectivity index (χ1) is 7.54. The molecule has 0 spiro atoms. The van der Waals surface area contributed by atoms with E-state index in [-0.39, 0.29) is 0 Å². The lowest BCUT2D eigenvalue weighted by molar-refractivity contribution is 1.02. The first-order valence-corrected chi connectivity index (χ1v) is 6.88. The van der Waals surface area contributed by atoms with Crippen molar-refractivity contribution in [2.24, 2.45) is 0 Å². The minimum atomic E-state index is 0.982. The van der Waals surface area contributed by atoms with Gasteiger partial charge < -0.3 is 0 Å². The molecule has 0 N–H and O–H groups in total. The third-order valence-corrected chi connectivity index (χ3v) is 4.87. The second-order valence-electron chi connectivity index (χ2n) is 3.95. The maximum Gasteiger partial charge on any atom is 0.0720 e. The van der Waals surface area contributed by atoms with Crippen molar-refractivity contribution in [3.8, 4) is 0 Å². The lowest BCUT2D eigenvalue weighted by Gasteiger charge is -2.11. The van der Waals surface area contributed by atoms with Crippen LogP contribution in [0.3, 0.4) is 0 Å². The molecule has 0 atom stereocenters. The molecule has 0 amide bonds. The molecule has 1 aromatic carbocycles. The van der Waals surface area contributed by atoms with Gasteiger partial charge in [-0.15, -0.1) is 0 Å². The van der Waals surface area contributed by atoms with Crippen LogP contribution in [0.15, 0.2) is 21.1 Å². The molecule has 0 radical (unpaired) electrons. The van der Waals surface area contributed by atoms with E-state index in [1.807, 2.05) is 0 Å². The Bertz CT molecular complexity index is 562. The van der Waals surface area contributed by atoms with E-state index in [2.05, 4.69) is 64.8 Å². The Morgan fingerprint density at radius 3 is 2.31 bits per heavy atom. The molecule has 2 aromatic rings. The number of aryl methyl sites for hydroxylation is 2. The van der Waals surface area contributed by atoms with Crippen molar-refractivity contribution < 1.29 is 0 Å². The number of rotatable bonds is 1. The minimum Gasteiger partial charge on any atom is -0.253 e. The van der Waals surface area contributed by atoms with Gasteiger partial charge >= 0.3 is 0 Å². The zero-order valence-electron chi connectivity index (χ0n) is 9.56. The van der Waals surface area contributed by atoms with Gasteiger partial charge in [0.1, 0.15) is 0 Å². The minimum absolute atomic E-state index is 0.982. The molecule has 0 bridgehead atoms. The molecular formula is C13H13Br2N. The number of hydrogen-bond donors (Lipinski definition) is 0. The molecule has 0 aliphatic carbocycles. The lowest BCUT2D eigenvalue weighted by Crippen LogP contribution is -1.97. The molecule has 1 heterocycles. The lowest BCUT2D eigenvalue weighted by atomic mass is 10.0. The van der Waals surface area contributed by atoms with E-state index < -0.39 is 0 Å². The van der Waals surface area contributed by atoms with Crippen LogP contribution in [-0.4, -0.2) is 4.98 Å². The summed E-state index contributed by atoms with van der Waals surface area (Å²) >= 11 is 7.05. The summed E-state index contributed by atoms with van der Waals surface area (Å²) in [4.78, 5) is 4.71. The summed E-state index contributed by atoms with van der Waals surface area (Å²) in [6.45, 7) is 6.46. The number of hydrogen-bond acceptors (Lipinski definition) is 1. The summed E-state index contributed by atoms with van der Waals surface area (Å²) in [7, 11) is 0. The largest absolute Gasteiger partial charge is 0.253 e. The smallest absolute Gasteiger partial charge is 0.0720 e. The molecule has 3 heteroatoms. The number of nitrogens with zero attached hydrogens (tertiary/aromatic N) is 1. The van der Waals surface area contributed by atoms with Crippen LogP contribution in [0, 0.1) is 13.8 Å². The van der Waals surface area contributed by atoms with Crippen LogP contribution >= 0.6 is 31.9 Å². The quantitative estimate of drug-likeness (QED) is 0.715. The van der Waals surface area contributed by atoms with Crippen molar-refractivity contribution >= 4 is 42.8 Å². The Labute approximate surface area is 113 Å². The van der Waals surface area contributed by atoms with Crippen LogP contribution in [0.2, 0.25) is 0 Å². The molecule has 0 unspecified atom stereocenters. The van der Waals surface area contributed by atoms with Gasteiger partial charge in [0, 0.05) is 20.0 Å². The number of aromatic nitrogens is 1. The van der Waals surface area contributed by atoms with Gasteiger partial charge in [0.25, 0.3) is 0 Å². The van der Waals surface area contributed by atoms with Crippen molar-refractivity contribution in [1.29, 1.82) is 0 Å². The zero-order chi connectivity index (χ0) is 11.9. The molecule has 0 fully saturated rings. The van der Waals surface area contributed by atoms with Crippen molar-refractivity contribution in [2.75, 3.05) is 0 Å². The topological polar surface area (TPSA) is 12.9 Å². The second kappa shape index (κ2) is 4.46. The average molecular weight is 343 g/mol. The second-order valence-corrected chi connectivity index (χ2v) is 5.65. The first-order valence-electron chi connectivity index (χ1n) is 5.29. The van der Waals surface area contributed by atoms with E-state index in [1.54, 1.807) is 0 Å². The van der Waals surface area contributed by atoms with E-state index in [0.29, 0.717) is 0 Å². The maximum atomic E-state index is 4.71. The molecule has 1 aromatic heterocycles. The standard InChI is InChI=1S/C13H13Br2N/c1-4-12-8(3)7(2)9-5-10(14)11(15)6-13(9)16-12/h5-6H,4H2,1-3H3. The highest BCUT2D eigenvalue weighted by Crippen LogP contribution is 2.31. The van der Waals surface area contributed by atoms with Gasteiger partial charge in [-0.3, -0.25) is 4.98 Å². The van der Waals surface area contributed by atoms with Crippen LogP contribution in [0.5, 0.6) is 0 Å². The van der Waals surface area contributed by atoms with E-state index in [4.69, 9.17) is 4.98 Å². The van der Waals surface area contributed by atoms with Gasteiger partial charge in [0.15, 0.2) is 0 Å². The summed E-state index contributed by atoms with van der Waals surface area (Å²) in [5.74, 6) is 0. The zero-order valence-corrected chi connectivity index (χ0v) is 12.7. The molecule has 0 saturated carbocycles. The number of halogens is 2. The van der Waals surface area contributed by atoms with Crippen molar-refractivity contribution in [3.05, 3.63) is 37.9 Å². The van der Waals surface area contributed by atoms with Gasteiger partial charge in [-0.05, 0) is 75.4 Å². The molecule has 1 nitrogen and oxygen atoms in total. The number of fused-ring (bicyclic) bond motifs is 1. The predicted molar refractivity (Wildman–Crippen MR) is 76.0 cm³/mol. The highest BCUT2D eigenvalue weighted by atomic mass is 79.9. The molecule has 0 aliphatic heterocycles. The monoisotopic (exact) mass is 341 g/mol. The highest BCUT2D eigenvalue weighted by molar-refractivity contribution is 9.13. The molecule has 0 aliphatic rings. The van der Waals surface area contributed by atoms with Gasteiger partial charge in [-0.1, -0.05) is 6.92 Å². The fraction of sp³-hybridized carbons (Fsp3) is 0.308. The van der Waals surface area contributed by atoms with Crippen molar-refractivity contribution in [3.63, 3.8) is 0 Å². The number of pyridine rings is 1. The summed E-state index contributed by atoms with van der Waals surface area (Å²) in [5, 5.41) is 1.23. The fourth-order valence-electron chi connectivity index (χ4n) is 1.92. The van der Waals surface area contributed by atoms with Crippen LogP contribution in [0.1, 0.15) is 23.7 Å². The Morgan fingerprint density at radius 1 is 1.06 bits per heavy atom. The third-order valence-electron chi connectivity index (χ3n) is 3.03. The first kappa shape index (κ1) is 12.1. The van der Waals surface area contributed by atoms with Crippen LogP contribution in [0.25, 0.3) is 10.9 Å². The van der Waals surface area contributed by atoms with Crippen LogP contribution in [-0.2, 0) is 6.42 Å². The fourth-order valence-corrected chi connectivity index (χ4v) is 2.60. The van der Waals surface area contributed by atoms with E-state index in [9.17, 15) is 0 Å². The van der Waals surface area contributed by atoms with Gasteiger partial charge in [0.05, 0.1) is 5.52 Å². The number of benzene rings is 1. The normalized spacial score (nSPS) is 11.1. The Balaban J connectivity index is 2.87. The molecule has 2 rings (SSSR count). The van der Waals surface area contributed by atoms with Crippen molar-refractivity contribution in [2.45, 2.75) is 27.2 Å². The average Bonchev–Trinajstić information content (AvgIpc) is 2.26. The summed E-state index contributed by atoms with van der Waals surface area (Å²) in [6, 6.07) is 4.21. The maximum absolute atomic E-state index is 4.71. The Hall–Kier alpha value is -0.410. The highest BCUT2D eigenvalue weighted by Gasteiger charge is 2.09. The van der Waals surface area contributed by atoms with Crippen molar-refractivity contribution in [1.82, 2.24) is 4.98 Å².